The minimum atomic E-state index is 0.546. The lowest BCUT2D eigenvalue weighted by atomic mass is 10.3. The van der Waals surface area contributed by atoms with Crippen molar-refractivity contribution in [3.63, 3.8) is 0 Å². The van der Waals surface area contributed by atoms with Crippen molar-refractivity contribution in [1.29, 1.82) is 5.26 Å². The zero-order valence-corrected chi connectivity index (χ0v) is 12.1. The van der Waals surface area contributed by atoms with Crippen molar-refractivity contribution in [2.75, 3.05) is 32.2 Å². The first-order valence-electron chi connectivity index (χ1n) is 6.57. The van der Waals surface area contributed by atoms with Gasteiger partial charge in [-0.15, -0.1) is 0 Å². The lowest BCUT2D eigenvalue weighted by Crippen LogP contribution is -2.24. The van der Waals surface area contributed by atoms with Crippen LogP contribution in [0, 0.1) is 11.3 Å². The summed E-state index contributed by atoms with van der Waals surface area (Å²) in [4.78, 5) is 6.21. The highest BCUT2D eigenvalue weighted by molar-refractivity contribution is 5.41. The van der Waals surface area contributed by atoms with E-state index in [1.54, 1.807) is 19.4 Å². The molecule has 0 saturated heterocycles. The van der Waals surface area contributed by atoms with Gasteiger partial charge in [-0.25, -0.2) is 4.98 Å². The predicted octanol–water partition coefficient (Wildman–Crippen LogP) is 2.48. The molecular weight excluding hydrogens is 266 g/mol. The van der Waals surface area contributed by atoms with E-state index >= 15 is 0 Å². The van der Waals surface area contributed by atoms with Gasteiger partial charge in [0.05, 0.1) is 19.2 Å². The van der Waals surface area contributed by atoms with Crippen molar-refractivity contribution < 1.29 is 9.47 Å². The van der Waals surface area contributed by atoms with Crippen molar-refractivity contribution in [3.05, 3.63) is 48.2 Å². The molecule has 1 heterocycles. The van der Waals surface area contributed by atoms with Gasteiger partial charge in [-0.1, -0.05) is 0 Å². The van der Waals surface area contributed by atoms with Crippen molar-refractivity contribution >= 4 is 5.82 Å². The summed E-state index contributed by atoms with van der Waals surface area (Å²) in [5.74, 6) is 2.42. The zero-order valence-electron chi connectivity index (χ0n) is 12.1. The molecule has 2 aromatic rings. The van der Waals surface area contributed by atoms with Gasteiger partial charge in [0.15, 0.2) is 0 Å². The van der Waals surface area contributed by atoms with Crippen LogP contribution in [0.4, 0.5) is 5.82 Å². The van der Waals surface area contributed by atoms with Crippen molar-refractivity contribution in [2.45, 2.75) is 0 Å². The number of hydrogen-bond donors (Lipinski definition) is 0. The average Bonchev–Trinajstić information content (AvgIpc) is 2.55. The second-order valence-electron chi connectivity index (χ2n) is 4.46. The van der Waals surface area contributed by atoms with Gasteiger partial charge < -0.3 is 14.4 Å². The van der Waals surface area contributed by atoms with E-state index in [1.165, 1.54) is 0 Å². The number of anilines is 1. The van der Waals surface area contributed by atoms with Crippen molar-refractivity contribution in [3.8, 4) is 17.6 Å². The molecule has 108 valence electrons. The molecule has 0 N–H and O–H groups in total. The van der Waals surface area contributed by atoms with Crippen LogP contribution in [0.15, 0.2) is 42.6 Å². The van der Waals surface area contributed by atoms with Gasteiger partial charge in [0.1, 0.15) is 30.0 Å². The summed E-state index contributed by atoms with van der Waals surface area (Å²) >= 11 is 0. The Kier molecular flexibility index (Phi) is 4.99. The first-order valence-corrected chi connectivity index (χ1v) is 6.57. The van der Waals surface area contributed by atoms with Crippen LogP contribution in [0.25, 0.3) is 0 Å². The Morgan fingerprint density at radius 3 is 2.43 bits per heavy atom. The summed E-state index contributed by atoms with van der Waals surface area (Å²) in [6.07, 6.45) is 1.57. The monoisotopic (exact) mass is 283 g/mol. The van der Waals surface area contributed by atoms with E-state index < -0.39 is 0 Å². The molecular formula is C16H17N3O2. The third-order valence-corrected chi connectivity index (χ3v) is 3.02. The number of pyridine rings is 1. The number of rotatable bonds is 6. The molecule has 0 amide bonds. The van der Waals surface area contributed by atoms with Gasteiger partial charge in [0.2, 0.25) is 0 Å². The Bertz CT molecular complexity index is 603. The van der Waals surface area contributed by atoms with E-state index in [9.17, 15) is 0 Å². The van der Waals surface area contributed by atoms with Crippen LogP contribution in [-0.2, 0) is 0 Å². The van der Waals surface area contributed by atoms with E-state index in [4.69, 9.17) is 14.7 Å². The van der Waals surface area contributed by atoms with Gasteiger partial charge in [0.25, 0.3) is 0 Å². The number of hydrogen-bond acceptors (Lipinski definition) is 5. The smallest absolute Gasteiger partial charge is 0.128 e. The lowest BCUT2D eigenvalue weighted by Gasteiger charge is -2.18. The van der Waals surface area contributed by atoms with Crippen LogP contribution in [0.2, 0.25) is 0 Å². The largest absolute Gasteiger partial charge is 0.497 e. The maximum absolute atomic E-state index is 8.74. The first kappa shape index (κ1) is 14.7. The van der Waals surface area contributed by atoms with Crippen LogP contribution in [-0.4, -0.2) is 32.3 Å². The van der Waals surface area contributed by atoms with Crippen LogP contribution in [0.5, 0.6) is 11.5 Å². The second-order valence-corrected chi connectivity index (χ2v) is 4.46. The van der Waals surface area contributed by atoms with Crippen LogP contribution >= 0.6 is 0 Å². The van der Waals surface area contributed by atoms with E-state index in [-0.39, 0.29) is 0 Å². The summed E-state index contributed by atoms with van der Waals surface area (Å²) < 4.78 is 10.8. The summed E-state index contributed by atoms with van der Waals surface area (Å²) in [5.41, 5.74) is 0.557. The number of nitriles is 1. The minimum Gasteiger partial charge on any atom is -0.497 e. The molecule has 0 aliphatic carbocycles. The molecule has 0 aliphatic rings. The Morgan fingerprint density at radius 2 is 1.86 bits per heavy atom. The van der Waals surface area contributed by atoms with Crippen LogP contribution in [0.1, 0.15) is 5.56 Å². The van der Waals surface area contributed by atoms with Crippen molar-refractivity contribution in [2.24, 2.45) is 0 Å². The molecule has 1 aromatic heterocycles. The molecule has 2 rings (SSSR count). The Labute approximate surface area is 124 Å². The lowest BCUT2D eigenvalue weighted by molar-refractivity contribution is 0.324. The fraction of sp³-hybridized carbons (Fsp3) is 0.250. The molecule has 5 heteroatoms. The molecule has 0 spiro atoms. The fourth-order valence-electron chi connectivity index (χ4n) is 1.76. The molecule has 0 radical (unpaired) electrons. The highest BCUT2D eigenvalue weighted by Crippen LogP contribution is 2.17. The highest BCUT2D eigenvalue weighted by atomic mass is 16.5. The van der Waals surface area contributed by atoms with E-state index in [0.717, 1.165) is 17.3 Å². The first-order chi connectivity index (χ1) is 10.2. The van der Waals surface area contributed by atoms with E-state index in [2.05, 4.69) is 11.1 Å². The molecule has 0 saturated carbocycles. The SMILES string of the molecule is COc1ccc(OCCN(C)c2ccc(C#N)cn2)cc1. The number of nitrogens with zero attached hydrogens (tertiary/aromatic N) is 3. The number of likely N-dealkylation sites (N-methyl/N-ethyl adjacent to an activating group) is 1. The number of methoxy groups -OCH3 is 1. The number of ether oxygens (including phenoxy) is 2. The Morgan fingerprint density at radius 1 is 1.14 bits per heavy atom. The topological polar surface area (TPSA) is 58.4 Å². The maximum Gasteiger partial charge on any atom is 0.128 e. The standard InChI is InChI=1S/C16H17N3O2/c1-19(16-8-3-13(11-17)12-18-16)9-10-21-15-6-4-14(20-2)5-7-15/h3-8,12H,9-10H2,1-2H3. The van der Waals surface area contributed by atoms with Gasteiger partial charge in [-0.3, -0.25) is 0 Å². The average molecular weight is 283 g/mol. The van der Waals surface area contributed by atoms with Crippen molar-refractivity contribution in [1.82, 2.24) is 4.98 Å². The summed E-state index contributed by atoms with van der Waals surface area (Å²) in [6.45, 7) is 1.25. The predicted molar refractivity (Wildman–Crippen MR) is 80.7 cm³/mol. The Balaban J connectivity index is 1.82. The normalized spacial score (nSPS) is 9.76. The van der Waals surface area contributed by atoms with Gasteiger partial charge in [0, 0.05) is 13.2 Å². The minimum absolute atomic E-state index is 0.546. The maximum atomic E-state index is 8.74. The van der Waals surface area contributed by atoms with Crippen LogP contribution < -0.4 is 14.4 Å². The highest BCUT2D eigenvalue weighted by Gasteiger charge is 2.03. The molecule has 0 bridgehead atoms. The third-order valence-electron chi connectivity index (χ3n) is 3.02. The summed E-state index contributed by atoms with van der Waals surface area (Å²) in [7, 11) is 3.57. The Hall–Kier alpha value is -2.74. The number of aromatic nitrogens is 1. The molecule has 0 aliphatic heterocycles. The molecule has 0 fully saturated rings. The number of benzene rings is 1. The van der Waals surface area contributed by atoms with Crippen LogP contribution in [0.3, 0.4) is 0 Å². The van der Waals surface area contributed by atoms with Gasteiger partial charge in [-0.2, -0.15) is 5.26 Å². The summed E-state index contributed by atoms with van der Waals surface area (Å²) in [6, 6.07) is 13.1. The van der Waals surface area contributed by atoms with Gasteiger partial charge >= 0.3 is 0 Å². The fourth-order valence-corrected chi connectivity index (χ4v) is 1.76. The zero-order chi connectivity index (χ0) is 15.1. The molecule has 0 atom stereocenters. The molecule has 1 aromatic carbocycles. The molecule has 0 unspecified atom stereocenters. The van der Waals surface area contributed by atoms with E-state index in [1.807, 2.05) is 42.3 Å². The van der Waals surface area contributed by atoms with E-state index in [0.29, 0.717) is 18.7 Å². The van der Waals surface area contributed by atoms with Gasteiger partial charge in [-0.05, 0) is 36.4 Å². The molecule has 5 nitrogen and oxygen atoms in total. The molecule has 21 heavy (non-hydrogen) atoms. The second kappa shape index (κ2) is 7.15. The summed E-state index contributed by atoms with van der Waals surface area (Å²) in [5, 5.41) is 8.74. The third kappa shape index (κ3) is 4.11. The quantitative estimate of drug-likeness (QED) is 0.815.